The van der Waals surface area contributed by atoms with Crippen LogP contribution in [0.5, 0.6) is 0 Å². The minimum absolute atomic E-state index is 0.413. The third kappa shape index (κ3) is 3.22. The average Bonchev–Trinajstić information content (AvgIpc) is 2.15. The molecule has 1 aromatic heterocycles. The number of nitrogen functional groups attached to an aromatic ring is 1. The molecular formula is C7H13N5O. The smallest absolute Gasteiger partial charge is 0.145 e. The van der Waals surface area contributed by atoms with Crippen LogP contribution in [0.3, 0.4) is 0 Å². The Morgan fingerprint density at radius 1 is 1.54 bits per heavy atom. The van der Waals surface area contributed by atoms with Crippen LogP contribution in [0.2, 0.25) is 0 Å². The van der Waals surface area contributed by atoms with Crippen LogP contribution in [0.25, 0.3) is 0 Å². The van der Waals surface area contributed by atoms with Crippen molar-refractivity contribution in [1.82, 2.24) is 9.97 Å². The lowest BCUT2D eigenvalue weighted by Crippen LogP contribution is -2.16. The number of aliphatic hydroxyl groups is 1. The summed E-state index contributed by atoms with van der Waals surface area (Å²) in [6.45, 7) is 2.14. The van der Waals surface area contributed by atoms with Crippen molar-refractivity contribution in [2.24, 2.45) is 5.84 Å². The van der Waals surface area contributed by atoms with E-state index >= 15 is 0 Å². The van der Waals surface area contributed by atoms with E-state index in [1.807, 2.05) is 0 Å². The maximum absolute atomic E-state index is 8.99. The van der Waals surface area contributed by atoms with Crippen molar-refractivity contribution in [3.05, 3.63) is 12.4 Å². The van der Waals surface area contributed by atoms with Gasteiger partial charge in [-0.15, -0.1) is 0 Å². The van der Waals surface area contributed by atoms with Crippen molar-refractivity contribution in [1.29, 1.82) is 0 Å². The predicted molar refractivity (Wildman–Crippen MR) is 50.0 cm³/mol. The van der Waals surface area contributed by atoms with Crippen LogP contribution in [0.15, 0.2) is 12.4 Å². The summed E-state index contributed by atoms with van der Waals surface area (Å²) in [5.74, 6) is 6.32. The summed E-state index contributed by atoms with van der Waals surface area (Å²) in [6, 6.07) is 1.66. The van der Waals surface area contributed by atoms with Crippen molar-refractivity contribution in [2.45, 2.75) is 13.0 Å². The fourth-order valence-corrected chi connectivity index (χ4v) is 0.785. The van der Waals surface area contributed by atoms with Gasteiger partial charge in [-0.05, 0) is 6.92 Å². The van der Waals surface area contributed by atoms with Crippen molar-refractivity contribution in [2.75, 3.05) is 17.3 Å². The summed E-state index contributed by atoms with van der Waals surface area (Å²) in [4.78, 5) is 7.77. The number of nitrogens with zero attached hydrogens (tertiary/aromatic N) is 2. The number of nitrogens with two attached hydrogens (primary N) is 1. The number of hydrazine groups is 1. The van der Waals surface area contributed by atoms with Crippen molar-refractivity contribution in [3.8, 4) is 0 Å². The summed E-state index contributed by atoms with van der Waals surface area (Å²) >= 11 is 0. The van der Waals surface area contributed by atoms with E-state index in [0.29, 0.717) is 18.2 Å². The highest BCUT2D eigenvalue weighted by atomic mass is 16.3. The van der Waals surface area contributed by atoms with Crippen molar-refractivity contribution >= 4 is 11.6 Å². The van der Waals surface area contributed by atoms with Gasteiger partial charge < -0.3 is 15.8 Å². The second-order valence-electron chi connectivity index (χ2n) is 2.66. The maximum atomic E-state index is 8.99. The van der Waals surface area contributed by atoms with E-state index in [9.17, 15) is 0 Å². The molecule has 1 rings (SSSR count). The highest BCUT2D eigenvalue weighted by Crippen LogP contribution is 2.06. The van der Waals surface area contributed by atoms with Crippen molar-refractivity contribution in [3.63, 3.8) is 0 Å². The van der Waals surface area contributed by atoms with Gasteiger partial charge >= 0.3 is 0 Å². The first-order valence-corrected chi connectivity index (χ1v) is 3.93. The van der Waals surface area contributed by atoms with E-state index in [1.54, 1.807) is 13.0 Å². The molecule has 0 bridgehead atoms. The van der Waals surface area contributed by atoms with Crippen LogP contribution in [0.1, 0.15) is 6.92 Å². The lowest BCUT2D eigenvalue weighted by molar-refractivity contribution is 0.208. The number of rotatable bonds is 4. The zero-order chi connectivity index (χ0) is 9.68. The number of aliphatic hydroxyl groups excluding tert-OH is 1. The van der Waals surface area contributed by atoms with E-state index in [1.165, 1.54) is 6.33 Å². The number of hydrogen-bond acceptors (Lipinski definition) is 6. The monoisotopic (exact) mass is 183 g/mol. The SMILES string of the molecule is CC(O)CNc1cc(NN)ncn1. The molecule has 6 heteroatoms. The Morgan fingerprint density at radius 2 is 2.23 bits per heavy atom. The molecule has 0 radical (unpaired) electrons. The van der Waals surface area contributed by atoms with Gasteiger partial charge in [-0.1, -0.05) is 0 Å². The molecule has 6 nitrogen and oxygen atoms in total. The summed E-state index contributed by atoms with van der Waals surface area (Å²) < 4.78 is 0. The van der Waals surface area contributed by atoms with Crippen LogP contribution in [-0.2, 0) is 0 Å². The second kappa shape index (κ2) is 4.58. The van der Waals surface area contributed by atoms with Gasteiger partial charge in [-0.25, -0.2) is 15.8 Å². The standard InChI is InChI=1S/C7H13N5O/c1-5(13)3-9-6-2-7(12-8)11-4-10-6/h2,4-5,13H,3,8H2,1H3,(H2,9,10,11,12). The fourth-order valence-electron chi connectivity index (χ4n) is 0.785. The van der Waals surface area contributed by atoms with Gasteiger partial charge in [-0.2, -0.15) is 0 Å². The molecule has 0 aliphatic carbocycles. The lowest BCUT2D eigenvalue weighted by atomic mass is 10.4. The highest BCUT2D eigenvalue weighted by molar-refractivity contribution is 5.45. The van der Waals surface area contributed by atoms with Gasteiger partial charge in [0.2, 0.25) is 0 Å². The second-order valence-corrected chi connectivity index (χ2v) is 2.66. The zero-order valence-corrected chi connectivity index (χ0v) is 7.36. The lowest BCUT2D eigenvalue weighted by Gasteiger charge is -2.07. The molecule has 0 fully saturated rings. The number of aromatic nitrogens is 2. The summed E-state index contributed by atoms with van der Waals surface area (Å²) in [7, 11) is 0. The van der Waals surface area contributed by atoms with Gasteiger partial charge in [0.15, 0.2) is 0 Å². The van der Waals surface area contributed by atoms with Crippen LogP contribution in [0, 0.1) is 0 Å². The number of hydrogen-bond donors (Lipinski definition) is 4. The molecule has 72 valence electrons. The Morgan fingerprint density at radius 3 is 2.85 bits per heavy atom. The van der Waals surface area contributed by atoms with Gasteiger partial charge in [0.1, 0.15) is 18.0 Å². The average molecular weight is 183 g/mol. The van der Waals surface area contributed by atoms with Gasteiger partial charge in [0.25, 0.3) is 0 Å². The van der Waals surface area contributed by atoms with E-state index in [-0.39, 0.29) is 0 Å². The molecule has 0 spiro atoms. The topological polar surface area (TPSA) is 96.1 Å². The molecule has 0 aliphatic heterocycles. The van der Waals surface area contributed by atoms with Crippen LogP contribution >= 0.6 is 0 Å². The van der Waals surface area contributed by atoms with E-state index in [4.69, 9.17) is 10.9 Å². The van der Waals surface area contributed by atoms with Crippen LogP contribution < -0.4 is 16.6 Å². The molecule has 0 amide bonds. The Labute approximate surface area is 76.2 Å². The van der Waals surface area contributed by atoms with Gasteiger partial charge in [-0.3, -0.25) is 0 Å². The van der Waals surface area contributed by atoms with E-state index in [2.05, 4.69) is 20.7 Å². The highest BCUT2D eigenvalue weighted by Gasteiger charge is 1.98. The maximum Gasteiger partial charge on any atom is 0.145 e. The summed E-state index contributed by atoms with van der Waals surface area (Å²) in [5, 5.41) is 11.9. The third-order valence-corrected chi connectivity index (χ3v) is 1.39. The van der Waals surface area contributed by atoms with Crippen molar-refractivity contribution < 1.29 is 5.11 Å². The first-order valence-electron chi connectivity index (χ1n) is 3.93. The van der Waals surface area contributed by atoms with E-state index < -0.39 is 6.10 Å². The predicted octanol–water partition coefficient (Wildman–Crippen LogP) is -0.445. The molecule has 0 saturated carbocycles. The Balaban J connectivity index is 2.56. The molecular weight excluding hydrogens is 170 g/mol. The molecule has 13 heavy (non-hydrogen) atoms. The Kier molecular flexibility index (Phi) is 3.41. The normalized spacial score (nSPS) is 12.2. The van der Waals surface area contributed by atoms with Gasteiger partial charge in [0.05, 0.1) is 6.10 Å². The van der Waals surface area contributed by atoms with Crippen LogP contribution in [0.4, 0.5) is 11.6 Å². The molecule has 1 atom stereocenters. The zero-order valence-electron chi connectivity index (χ0n) is 7.36. The quantitative estimate of drug-likeness (QED) is 0.373. The molecule has 0 aromatic carbocycles. The summed E-state index contributed by atoms with van der Waals surface area (Å²) in [5.41, 5.74) is 2.40. The number of anilines is 2. The minimum Gasteiger partial charge on any atom is -0.392 e. The Bertz CT molecular complexity index is 265. The van der Waals surface area contributed by atoms with Gasteiger partial charge in [0, 0.05) is 12.6 Å². The molecule has 1 aromatic rings. The fraction of sp³-hybridized carbons (Fsp3) is 0.429. The number of nitrogens with one attached hydrogen (secondary N) is 2. The Hall–Kier alpha value is -1.40. The largest absolute Gasteiger partial charge is 0.392 e. The van der Waals surface area contributed by atoms with Crippen LogP contribution in [-0.4, -0.2) is 27.7 Å². The minimum atomic E-state index is -0.413. The molecule has 1 unspecified atom stereocenters. The summed E-state index contributed by atoms with van der Waals surface area (Å²) in [6.07, 6.45) is 0.976. The third-order valence-electron chi connectivity index (χ3n) is 1.39. The first-order chi connectivity index (χ1) is 6.22. The molecule has 1 heterocycles. The molecule has 0 aliphatic rings. The van der Waals surface area contributed by atoms with E-state index in [0.717, 1.165) is 0 Å². The first kappa shape index (κ1) is 9.69. The molecule has 0 saturated heterocycles. The molecule has 5 N–H and O–H groups in total.